The van der Waals surface area contributed by atoms with Crippen molar-refractivity contribution in [1.29, 1.82) is 0 Å². The van der Waals surface area contributed by atoms with Gasteiger partial charge in [-0.05, 0) is 41.5 Å². The van der Waals surface area contributed by atoms with Crippen molar-refractivity contribution in [3.63, 3.8) is 0 Å². The van der Waals surface area contributed by atoms with E-state index in [1.54, 1.807) is 10.7 Å². The SMILES string of the molecule is CCCCn1nnnc1NCc1cc(Cl)cc(Cl)c1OCc1ccc(C)cc1. The van der Waals surface area contributed by atoms with E-state index in [9.17, 15) is 0 Å². The number of anilines is 1. The summed E-state index contributed by atoms with van der Waals surface area (Å²) < 4.78 is 7.78. The highest BCUT2D eigenvalue weighted by molar-refractivity contribution is 6.35. The lowest BCUT2D eigenvalue weighted by atomic mass is 10.1. The van der Waals surface area contributed by atoms with E-state index in [-0.39, 0.29) is 0 Å². The van der Waals surface area contributed by atoms with Gasteiger partial charge in [-0.25, -0.2) is 4.68 Å². The Balaban J connectivity index is 1.73. The smallest absolute Gasteiger partial charge is 0.243 e. The molecule has 8 heteroatoms. The molecule has 0 saturated carbocycles. The van der Waals surface area contributed by atoms with Gasteiger partial charge >= 0.3 is 0 Å². The van der Waals surface area contributed by atoms with Crippen LogP contribution >= 0.6 is 23.2 Å². The maximum Gasteiger partial charge on any atom is 0.243 e. The average Bonchev–Trinajstić information content (AvgIpc) is 3.12. The van der Waals surface area contributed by atoms with E-state index in [2.05, 4.69) is 46.8 Å². The van der Waals surface area contributed by atoms with Crippen LogP contribution in [0.3, 0.4) is 0 Å². The first-order valence-electron chi connectivity index (χ1n) is 9.23. The zero-order chi connectivity index (χ0) is 19.9. The molecule has 3 aromatic rings. The van der Waals surface area contributed by atoms with Crippen LogP contribution in [0.15, 0.2) is 36.4 Å². The van der Waals surface area contributed by atoms with Crippen LogP contribution in [-0.2, 0) is 19.7 Å². The highest BCUT2D eigenvalue weighted by Crippen LogP contribution is 2.33. The van der Waals surface area contributed by atoms with Gasteiger partial charge in [0.1, 0.15) is 12.4 Å². The van der Waals surface area contributed by atoms with Crippen LogP contribution < -0.4 is 10.1 Å². The lowest BCUT2D eigenvalue weighted by molar-refractivity contribution is 0.303. The lowest BCUT2D eigenvalue weighted by Crippen LogP contribution is -2.10. The second-order valence-corrected chi connectivity index (χ2v) is 7.43. The van der Waals surface area contributed by atoms with Gasteiger partial charge in [-0.3, -0.25) is 0 Å². The Morgan fingerprint density at radius 1 is 1.14 bits per heavy atom. The number of unbranched alkanes of at least 4 members (excludes halogenated alkanes) is 1. The zero-order valence-corrected chi connectivity index (χ0v) is 17.5. The summed E-state index contributed by atoms with van der Waals surface area (Å²) in [7, 11) is 0. The molecule has 1 aromatic heterocycles. The van der Waals surface area contributed by atoms with E-state index in [0.717, 1.165) is 30.5 Å². The number of halogens is 2. The van der Waals surface area contributed by atoms with E-state index in [0.29, 0.717) is 34.9 Å². The molecule has 0 aliphatic rings. The molecule has 1 N–H and O–H groups in total. The predicted molar refractivity (Wildman–Crippen MR) is 112 cm³/mol. The summed E-state index contributed by atoms with van der Waals surface area (Å²) in [6, 6.07) is 11.7. The topological polar surface area (TPSA) is 64.9 Å². The average molecular weight is 420 g/mol. The maximum atomic E-state index is 6.40. The molecule has 0 unspecified atom stereocenters. The summed E-state index contributed by atoms with van der Waals surface area (Å²) in [5, 5.41) is 16.1. The molecule has 6 nitrogen and oxygen atoms in total. The molecule has 2 aromatic carbocycles. The molecule has 0 spiro atoms. The molecule has 0 radical (unpaired) electrons. The van der Waals surface area contributed by atoms with Gasteiger partial charge in [0.25, 0.3) is 0 Å². The van der Waals surface area contributed by atoms with Crippen molar-refractivity contribution < 1.29 is 4.74 Å². The standard InChI is InChI=1S/C20H23Cl2N5O/c1-3-4-9-27-20(24-25-26-27)23-12-16-10-17(21)11-18(22)19(16)28-13-15-7-5-14(2)6-8-15/h5-8,10-11H,3-4,9,12-13H2,1-2H3,(H,23,24,26). The maximum absolute atomic E-state index is 6.40. The highest BCUT2D eigenvalue weighted by Gasteiger charge is 2.13. The third-order valence-corrected chi connectivity index (χ3v) is 4.78. The summed E-state index contributed by atoms with van der Waals surface area (Å²) in [4.78, 5) is 0. The van der Waals surface area contributed by atoms with Crippen LogP contribution in [0.25, 0.3) is 0 Å². The third-order valence-electron chi connectivity index (χ3n) is 4.28. The fraction of sp³-hybridized carbons (Fsp3) is 0.350. The largest absolute Gasteiger partial charge is 0.487 e. The zero-order valence-electron chi connectivity index (χ0n) is 16.0. The molecule has 0 amide bonds. The Labute approximate surface area is 174 Å². The lowest BCUT2D eigenvalue weighted by Gasteiger charge is -2.15. The molecule has 0 fully saturated rings. The summed E-state index contributed by atoms with van der Waals surface area (Å²) >= 11 is 12.6. The van der Waals surface area contributed by atoms with E-state index in [4.69, 9.17) is 27.9 Å². The molecule has 0 aliphatic carbocycles. The van der Waals surface area contributed by atoms with Gasteiger partial charge in [-0.15, -0.1) is 0 Å². The van der Waals surface area contributed by atoms with Crippen LogP contribution in [0.4, 0.5) is 5.95 Å². The van der Waals surface area contributed by atoms with E-state index in [1.165, 1.54) is 5.56 Å². The first-order valence-corrected chi connectivity index (χ1v) is 9.98. The van der Waals surface area contributed by atoms with Crippen LogP contribution in [0.2, 0.25) is 10.0 Å². The van der Waals surface area contributed by atoms with Crippen molar-refractivity contribution >= 4 is 29.2 Å². The molecule has 0 aliphatic heterocycles. The normalized spacial score (nSPS) is 10.9. The minimum absolute atomic E-state index is 0.420. The number of nitrogens with one attached hydrogen (secondary N) is 1. The number of benzene rings is 2. The van der Waals surface area contributed by atoms with Gasteiger partial charge in [-0.1, -0.05) is 71.5 Å². The molecule has 0 atom stereocenters. The molecule has 0 bridgehead atoms. The molecule has 3 rings (SSSR count). The van der Waals surface area contributed by atoms with Crippen molar-refractivity contribution in [2.45, 2.75) is 46.4 Å². The van der Waals surface area contributed by atoms with Crippen molar-refractivity contribution in [3.8, 4) is 5.75 Å². The summed E-state index contributed by atoms with van der Waals surface area (Å²) in [6.45, 7) is 5.81. The number of nitrogens with zero attached hydrogens (tertiary/aromatic N) is 4. The number of hydrogen-bond donors (Lipinski definition) is 1. The Hall–Kier alpha value is -2.31. The minimum atomic E-state index is 0.420. The number of aromatic nitrogens is 4. The van der Waals surface area contributed by atoms with Crippen LogP contribution in [-0.4, -0.2) is 20.2 Å². The fourth-order valence-electron chi connectivity index (χ4n) is 2.71. The Morgan fingerprint density at radius 3 is 2.68 bits per heavy atom. The molecule has 1 heterocycles. The number of aryl methyl sites for hydroxylation is 2. The van der Waals surface area contributed by atoms with Gasteiger partial charge in [0.2, 0.25) is 5.95 Å². The van der Waals surface area contributed by atoms with Crippen LogP contribution in [0, 0.1) is 6.92 Å². The molecule has 148 valence electrons. The monoisotopic (exact) mass is 419 g/mol. The van der Waals surface area contributed by atoms with E-state index >= 15 is 0 Å². The highest BCUT2D eigenvalue weighted by atomic mass is 35.5. The first-order chi connectivity index (χ1) is 13.6. The van der Waals surface area contributed by atoms with Crippen LogP contribution in [0.5, 0.6) is 5.75 Å². The number of hydrogen-bond acceptors (Lipinski definition) is 5. The van der Waals surface area contributed by atoms with Crippen LogP contribution in [0.1, 0.15) is 36.5 Å². The Kier molecular flexibility index (Phi) is 7.12. The molecule has 28 heavy (non-hydrogen) atoms. The van der Waals surface area contributed by atoms with Gasteiger partial charge in [0.15, 0.2) is 0 Å². The second kappa shape index (κ2) is 9.75. The quantitative estimate of drug-likeness (QED) is 0.510. The van der Waals surface area contributed by atoms with E-state index in [1.807, 2.05) is 18.2 Å². The van der Waals surface area contributed by atoms with Crippen molar-refractivity contribution in [1.82, 2.24) is 20.2 Å². The molecule has 0 saturated heterocycles. The Bertz CT molecular complexity index is 911. The van der Waals surface area contributed by atoms with Gasteiger partial charge in [0, 0.05) is 23.7 Å². The summed E-state index contributed by atoms with van der Waals surface area (Å²) in [5.41, 5.74) is 3.12. The van der Waals surface area contributed by atoms with Gasteiger partial charge in [-0.2, -0.15) is 0 Å². The minimum Gasteiger partial charge on any atom is -0.487 e. The van der Waals surface area contributed by atoms with E-state index < -0.39 is 0 Å². The predicted octanol–water partition coefficient (Wildman–Crippen LogP) is 5.28. The first kappa shape index (κ1) is 20.4. The van der Waals surface area contributed by atoms with Gasteiger partial charge in [0.05, 0.1) is 5.02 Å². The second-order valence-electron chi connectivity index (χ2n) is 6.58. The van der Waals surface area contributed by atoms with Crippen molar-refractivity contribution in [2.24, 2.45) is 0 Å². The molecular weight excluding hydrogens is 397 g/mol. The Morgan fingerprint density at radius 2 is 1.93 bits per heavy atom. The summed E-state index contributed by atoms with van der Waals surface area (Å²) in [6.07, 6.45) is 2.08. The van der Waals surface area contributed by atoms with Gasteiger partial charge < -0.3 is 10.1 Å². The van der Waals surface area contributed by atoms with Crippen molar-refractivity contribution in [2.75, 3.05) is 5.32 Å². The van der Waals surface area contributed by atoms with Crippen molar-refractivity contribution in [3.05, 3.63) is 63.1 Å². The summed E-state index contributed by atoms with van der Waals surface area (Å²) in [5.74, 6) is 1.21. The number of ether oxygens (including phenoxy) is 1. The fourth-order valence-corrected chi connectivity index (χ4v) is 3.30. The third kappa shape index (κ3) is 5.36. The number of rotatable bonds is 9. The molecular formula is C20H23Cl2N5O. The number of tetrazole rings is 1.